The van der Waals surface area contributed by atoms with Crippen molar-refractivity contribution < 1.29 is 22.5 Å². The normalized spacial score (nSPS) is 14.4. The van der Waals surface area contributed by atoms with Crippen LogP contribution in [0.5, 0.6) is 0 Å². The number of ether oxygens (including phenoxy) is 1. The lowest BCUT2D eigenvalue weighted by atomic mass is 9.98. The summed E-state index contributed by atoms with van der Waals surface area (Å²) < 4.78 is 34.8. The van der Waals surface area contributed by atoms with Gasteiger partial charge in [-0.1, -0.05) is 6.07 Å². The summed E-state index contributed by atoms with van der Waals surface area (Å²) >= 11 is 0. The van der Waals surface area contributed by atoms with Crippen LogP contribution in [0.15, 0.2) is 12.1 Å². The van der Waals surface area contributed by atoms with Gasteiger partial charge in [0, 0.05) is 5.56 Å². The van der Waals surface area contributed by atoms with Crippen LogP contribution in [-0.4, -0.2) is 24.7 Å². The first-order valence-corrected chi connectivity index (χ1v) is 7.22. The molecule has 0 radical (unpaired) electrons. The molecule has 0 spiro atoms. The topological polar surface area (TPSA) is 80.7 Å². The molecule has 0 atom stereocenters. The fraction of sp³-hybridized carbons (Fsp3) is 0.417. The van der Waals surface area contributed by atoms with Gasteiger partial charge in [0.1, 0.15) is 6.61 Å². The zero-order valence-corrected chi connectivity index (χ0v) is 10.8. The SMILES string of the molecule is Cc1cc2c(cc1CCCS(=O)(=O)O)COC2=O. The Hall–Kier alpha value is -1.40. The van der Waals surface area contributed by atoms with E-state index >= 15 is 0 Å². The summed E-state index contributed by atoms with van der Waals surface area (Å²) in [7, 11) is -3.91. The van der Waals surface area contributed by atoms with E-state index < -0.39 is 10.1 Å². The molecule has 1 heterocycles. The Labute approximate surface area is 106 Å². The summed E-state index contributed by atoms with van der Waals surface area (Å²) in [6.07, 6.45) is 0.903. The van der Waals surface area contributed by atoms with E-state index in [0.717, 1.165) is 16.7 Å². The number of hydrogen-bond acceptors (Lipinski definition) is 4. The van der Waals surface area contributed by atoms with Gasteiger partial charge in [-0.15, -0.1) is 0 Å². The van der Waals surface area contributed by atoms with E-state index in [4.69, 9.17) is 9.29 Å². The maximum Gasteiger partial charge on any atom is 0.338 e. The second kappa shape index (κ2) is 4.70. The summed E-state index contributed by atoms with van der Waals surface area (Å²) in [5, 5.41) is 0. The van der Waals surface area contributed by atoms with E-state index in [0.29, 0.717) is 18.4 Å². The molecule has 0 saturated heterocycles. The molecule has 18 heavy (non-hydrogen) atoms. The highest BCUT2D eigenvalue weighted by atomic mass is 32.2. The quantitative estimate of drug-likeness (QED) is 0.662. The molecule has 1 aliphatic rings. The van der Waals surface area contributed by atoms with Gasteiger partial charge in [0.15, 0.2) is 0 Å². The van der Waals surface area contributed by atoms with E-state index in [1.54, 1.807) is 6.07 Å². The summed E-state index contributed by atoms with van der Waals surface area (Å²) in [5.74, 6) is -0.559. The summed E-state index contributed by atoms with van der Waals surface area (Å²) in [5.41, 5.74) is 3.34. The number of rotatable bonds is 4. The average Bonchev–Trinajstić information content (AvgIpc) is 2.59. The summed E-state index contributed by atoms with van der Waals surface area (Å²) in [6, 6.07) is 3.65. The van der Waals surface area contributed by atoms with Gasteiger partial charge in [-0.2, -0.15) is 8.42 Å². The molecule has 98 valence electrons. The third-order valence-electron chi connectivity index (χ3n) is 2.99. The Morgan fingerprint density at radius 1 is 1.39 bits per heavy atom. The second-order valence-corrected chi connectivity index (χ2v) is 5.97. The molecule has 0 amide bonds. The van der Waals surface area contributed by atoms with Gasteiger partial charge >= 0.3 is 5.97 Å². The number of aryl methyl sites for hydroxylation is 2. The van der Waals surface area contributed by atoms with Crippen LogP contribution in [-0.2, 0) is 27.9 Å². The first kappa shape index (κ1) is 13.0. The molecule has 6 heteroatoms. The van der Waals surface area contributed by atoms with Crippen molar-refractivity contribution in [2.24, 2.45) is 0 Å². The zero-order valence-electron chi connectivity index (χ0n) is 9.97. The fourth-order valence-electron chi connectivity index (χ4n) is 2.05. The molecule has 1 aromatic carbocycles. The summed E-state index contributed by atoms with van der Waals surface area (Å²) in [6.45, 7) is 2.15. The Bertz CT molecular complexity index is 589. The summed E-state index contributed by atoms with van der Waals surface area (Å²) in [4.78, 5) is 11.3. The predicted octanol–water partition coefficient (Wildman–Crippen LogP) is 1.49. The Morgan fingerprint density at radius 2 is 2.11 bits per heavy atom. The number of cyclic esters (lactones) is 1. The van der Waals surface area contributed by atoms with Crippen LogP contribution in [0.1, 0.15) is 33.5 Å². The molecular weight excluding hydrogens is 256 g/mol. The first-order valence-electron chi connectivity index (χ1n) is 5.61. The van der Waals surface area contributed by atoms with Crippen molar-refractivity contribution in [2.75, 3.05) is 5.75 Å². The Kier molecular flexibility index (Phi) is 3.41. The lowest BCUT2D eigenvalue weighted by Gasteiger charge is -2.07. The first-order chi connectivity index (χ1) is 8.37. The third kappa shape index (κ3) is 2.88. The van der Waals surface area contributed by atoms with Crippen molar-refractivity contribution >= 4 is 16.1 Å². The van der Waals surface area contributed by atoms with Gasteiger partial charge < -0.3 is 4.74 Å². The molecule has 0 aromatic heterocycles. The van der Waals surface area contributed by atoms with Crippen molar-refractivity contribution in [3.8, 4) is 0 Å². The number of benzene rings is 1. The lowest BCUT2D eigenvalue weighted by Crippen LogP contribution is -2.05. The van der Waals surface area contributed by atoms with Crippen molar-refractivity contribution in [3.63, 3.8) is 0 Å². The highest BCUT2D eigenvalue weighted by Crippen LogP contribution is 2.24. The molecule has 0 aliphatic carbocycles. The van der Waals surface area contributed by atoms with Gasteiger partial charge in [0.2, 0.25) is 0 Å². The Morgan fingerprint density at radius 3 is 2.78 bits per heavy atom. The van der Waals surface area contributed by atoms with Crippen molar-refractivity contribution in [2.45, 2.75) is 26.4 Å². The van der Waals surface area contributed by atoms with E-state index in [-0.39, 0.29) is 18.3 Å². The highest BCUT2D eigenvalue weighted by Gasteiger charge is 2.22. The highest BCUT2D eigenvalue weighted by molar-refractivity contribution is 7.85. The number of fused-ring (bicyclic) bond motifs is 1. The molecule has 1 N–H and O–H groups in total. The third-order valence-corrected chi connectivity index (χ3v) is 3.79. The predicted molar refractivity (Wildman–Crippen MR) is 65.0 cm³/mol. The minimum Gasteiger partial charge on any atom is -0.457 e. The number of carbonyl (C=O) groups excluding carboxylic acids is 1. The molecule has 1 aliphatic heterocycles. The van der Waals surface area contributed by atoms with Crippen LogP contribution in [0.25, 0.3) is 0 Å². The standard InChI is InChI=1S/C12H14O5S/c1-8-5-11-10(7-17-12(11)13)6-9(8)3-2-4-18(14,15)16/h5-6H,2-4,7H2,1H3,(H,14,15,16). The fourth-order valence-corrected chi connectivity index (χ4v) is 2.56. The van der Waals surface area contributed by atoms with Crippen LogP contribution in [0, 0.1) is 6.92 Å². The van der Waals surface area contributed by atoms with Crippen LogP contribution in [0.4, 0.5) is 0 Å². The number of hydrogen-bond donors (Lipinski definition) is 1. The Balaban J connectivity index is 2.13. The lowest BCUT2D eigenvalue weighted by molar-refractivity contribution is 0.0535. The van der Waals surface area contributed by atoms with Gasteiger partial charge in [0.25, 0.3) is 10.1 Å². The monoisotopic (exact) mass is 270 g/mol. The molecular formula is C12H14O5S. The van der Waals surface area contributed by atoms with Gasteiger partial charge in [-0.05, 0) is 37.0 Å². The minimum atomic E-state index is -3.91. The van der Waals surface area contributed by atoms with Gasteiger partial charge in [-0.25, -0.2) is 4.79 Å². The van der Waals surface area contributed by atoms with Crippen molar-refractivity contribution in [1.82, 2.24) is 0 Å². The van der Waals surface area contributed by atoms with E-state index in [2.05, 4.69) is 0 Å². The second-order valence-electron chi connectivity index (χ2n) is 4.40. The van der Waals surface area contributed by atoms with Crippen LogP contribution in [0.2, 0.25) is 0 Å². The number of esters is 1. The molecule has 1 aromatic rings. The van der Waals surface area contributed by atoms with Crippen LogP contribution in [0.3, 0.4) is 0 Å². The number of carbonyl (C=O) groups is 1. The molecule has 2 rings (SSSR count). The van der Waals surface area contributed by atoms with Crippen molar-refractivity contribution in [3.05, 3.63) is 34.4 Å². The van der Waals surface area contributed by atoms with Crippen LogP contribution >= 0.6 is 0 Å². The molecule has 0 unspecified atom stereocenters. The van der Waals surface area contributed by atoms with E-state index in [1.807, 2.05) is 13.0 Å². The average molecular weight is 270 g/mol. The van der Waals surface area contributed by atoms with E-state index in [9.17, 15) is 13.2 Å². The smallest absolute Gasteiger partial charge is 0.338 e. The molecule has 0 fully saturated rings. The van der Waals surface area contributed by atoms with Gasteiger partial charge in [0.05, 0.1) is 11.3 Å². The van der Waals surface area contributed by atoms with Gasteiger partial charge in [-0.3, -0.25) is 4.55 Å². The molecule has 0 bridgehead atoms. The zero-order chi connectivity index (χ0) is 13.3. The van der Waals surface area contributed by atoms with Crippen LogP contribution < -0.4 is 0 Å². The van der Waals surface area contributed by atoms with E-state index in [1.165, 1.54) is 0 Å². The maximum atomic E-state index is 11.3. The maximum absolute atomic E-state index is 11.3. The minimum absolute atomic E-state index is 0.251. The largest absolute Gasteiger partial charge is 0.457 e. The molecule has 0 saturated carbocycles. The molecule has 5 nitrogen and oxygen atoms in total. The van der Waals surface area contributed by atoms with Crippen molar-refractivity contribution in [1.29, 1.82) is 0 Å².